The molecule has 1 aromatic rings. The lowest BCUT2D eigenvalue weighted by molar-refractivity contribution is 0.129. The molecule has 0 saturated heterocycles. The maximum absolute atomic E-state index is 10.0. The number of aromatic nitrogens is 1. The monoisotopic (exact) mass is 219 g/mol. The highest BCUT2D eigenvalue weighted by Gasteiger charge is 2.17. The van der Waals surface area contributed by atoms with Gasteiger partial charge in [-0.05, 0) is 24.5 Å². The summed E-state index contributed by atoms with van der Waals surface area (Å²) in [6.07, 6.45) is 9.93. The van der Waals surface area contributed by atoms with Gasteiger partial charge in [0, 0.05) is 18.3 Å². The third kappa shape index (κ3) is 3.60. The van der Waals surface area contributed by atoms with Crippen LogP contribution in [0, 0.1) is 5.92 Å². The number of hydrogen-bond acceptors (Lipinski definition) is 2. The molecule has 1 aliphatic rings. The standard InChI is InChI=1S/C14H21NO/c16-14(10-12-6-2-1-3-7-12)11-13-8-4-5-9-15-13/h4-5,8-9,12,14,16H,1-3,6-7,10-11H2. The van der Waals surface area contributed by atoms with Crippen molar-refractivity contribution >= 4 is 0 Å². The van der Waals surface area contributed by atoms with E-state index in [-0.39, 0.29) is 6.10 Å². The largest absolute Gasteiger partial charge is 0.393 e. The van der Waals surface area contributed by atoms with Crippen molar-refractivity contribution in [3.63, 3.8) is 0 Å². The molecular formula is C14H21NO. The lowest BCUT2D eigenvalue weighted by Gasteiger charge is -2.23. The molecule has 1 heterocycles. The zero-order valence-electron chi connectivity index (χ0n) is 9.81. The average Bonchev–Trinajstić information content (AvgIpc) is 2.31. The van der Waals surface area contributed by atoms with E-state index in [1.165, 1.54) is 32.1 Å². The first-order valence-corrected chi connectivity index (χ1v) is 6.42. The van der Waals surface area contributed by atoms with E-state index in [1.807, 2.05) is 18.2 Å². The first kappa shape index (κ1) is 11.6. The second kappa shape index (κ2) is 6.00. The highest BCUT2D eigenvalue weighted by atomic mass is 16.3. The van der Waals surface area contributed by atoms with Gasteiger partial charge in [0.15, 0.2) is 0 Å². The van der Waals surface area contributed by atoms with Crippen molar-refractivity contribution in [3.05, 3.63) is 30.1 Å². The zero-order valence-corrected chi connectivity index (χ0v) is 9.81. The van der Waals surface area contributed by atoms with Crippen molar-refractivity contribution in [2.24, 2.45) is 5.92 Å². The summed E-state index contributed by atoms with van der Waals surface area (Å²) < 4.78 is 0. The average molecular weight is 219 g/mol. The fourth-order valence-electron chi connectivity index (χ4n) is 2.65. The Kier molecular flexibility index (Phi) is 4.34. The van der Waals surface area contributed by atoms with Crippen LogP contribution in [0.4, 0.5) is 0 Å². The molecule has 1 N–H and O–H groups in total. The summed E-state index contributed by atoms with van der Waals surface area (Å²) in [5, 5.41) is 10.0. The molecule has 0 spiro atoms. The molecule has 0 aromatic carbocycles. The van der Waals surface area contributed by atoms with E-state index < -0.39 is 0 Å². The number of aliphatic hydroxyl groups is 1. The predicted octanol–water partition coefficient (Wildman–Crippen LogP) is 2.96. The van der Waals surface area contributed by atoms with E-state index in [0.29, 0.717) is 6.42 Å². The minimum Gasteiger partial charge on any atom is -0.393 e. The Balaban J connectivity index is 1.77. The van der Waals surface area contributed by atoms with Gasteiger partial charge in [-0.3, -0.25) is 4.98 Å². The quantitative estimate of drug-likeness (QED) is 0.844. The van der Waals surface area contributed by atoms with Crippen LogP contribution in [-0.4, -0.2) is 16.2 Å². The second-order valence-corrected chi connectivity index (χ2v) is 4.92. The lowest BCUT2D eigenvalue weighted by atomic mass is 9.85. The van der Waals surface area contributed by atoms with Crippen molar-refractivity contribution < 1.29 is 5.11 Å². The van der Waals surface area contributed by atoms with Crippen molar-refractivity contribution in [2.45, 2.75) is 51.0 Å². The molecule has 0 bridgehead atoms. The molecule has 16 heavy (non-hydrogen) atoms. The summed E-state index contributed by atoms with van der Waals surface area (Å²) in [7, 11) is 0. The summed E-state index contributed by atoms with van der Waals surface area (Å²) in [6.45, 7) is 0. The predicted molar refractivity (Wildman–Crippen MR) is 65.1 cm³/mol. The van der Waals surface area contributed by atoms with Crippen LogP contribution < -0.4 is 0 Å². The van der Waals surface area contributed by atoms with Gasteiger partial charge >= 0.3 is 0 Å². The molecule has 1 aliphatic carbocycles. The fourth-order valence-corrected chi connectivity index (χ4v) is 2.65. The van der Waals surface area contributed by atoms with Crippen LogP contribution in [-0.2, 0) is 6.42 Å². The molecule has 0 aliphatic heterocycles. The van der Waals surface area contributed by atoms with Crippen LogP contribution in [0.3, 0.4) is 0 Å². The molecule has 2 heteroatoms. The van der Waals surface area contributed by atoms with Crippen LogP contribution in [0.25, 0.3) is 0 Å². The van der Waals surface area contributed by atoms with E-state index in [1.54, 1.807) is 6.20 Å². The summed E-state index contributed by atoms with van der Waals surface area (Å²) in [5.74, 6) is 0.743. The highest BCUT2D eigenvalue weighted by molar-refractivity contribution is 5.04. The maximum Gasteiger partial charge on any atom is 0.0598 e. The van der Waals surface area contributed by atoms with Gasteiger partial charge < -0.3 is 5.11 Å². The van der Waals surface area contributed by atoms with Crippen LogP contribution in [0.15, 0.2) is 24.4 Å². The van der Waals surface area contributed by atoms with E-state index in [0.717, 1.165) is 18.0 Å². The Morgan fingerprint density at radius 3 is 2.75 bits per heavy atom. The first-order valence-electron chi connectivity index (χ1n) is 6.42. The Hall–Kier alpha value is -0.890. The van der Waals surface area contributed by atoms with Gasteiger partial charge in [-0.1, -0.05) is 38.2 Å². The Morgan fingerprint density at radius 1 is 1.25 bits per heavy atom. The van der Waals surface area contributed by atoms with Crippen molar-refractivity contribution in [1.82, 2.24) is 4.98 Å². The molecule has 1 unspecified atom stereocenters. The summed E-state index contributed by atoms with van der Waals surface area (Å²) in [5.41, 5.74) is 1.01. The fraction of sp³-hybridized carbons (Fsp3) is 0.643. The van der Waals surface area contributed by atoms with Gasteiger partial charge in [-0.25, -0.2) is 0 Å². The number of hydrogen-bond donors (Lipinski definition) is 1. The van der Waals surface area contributed by atoms with Gasteiger partial charge in [0.1, 0.15) is 0 Å². The molecule has 1 atom stereocenters. The Bertz CT molecular complexity index is 293. The number of rotatable bonds is 4. The minimum atomic E-state index is -0.210. The SMILES string of the molecule is OC(Cc1ccccn1)CC1CCCCC1. The normalized spacial score (nSPS) is 19.6. The minimum absolute atomic E-state index is 0.210. The lowest BCUT2D eigenvalue weighted by Crippen LogP contribution is -2.18. The first-order chi connectivity index (χ1) is 7.84. The van der Waals surface area contributed by atoms with Crippen molar-refractivity contribution in [3.8, 4) is 0 Å². The summed E-state index contributed by atoms with van der Waals surface area (Å²) in [6, 6.07) is 5.89. The third-order valence-electron chi connectivity index (χ3n) is 3.50. The van der Waals surface area contributed by atoms with Gasteiger partial charge in [0.2, 0.25) is 0 Å². The van der Waals surface area contributed by atoms with Crippen LogP contribution in [0.2, 0.25) is 0 Å². The molecule has 0 radical (unpaired) electrons. The molecule has 1 aromatic heterocycles. The molecule has 0 amide bonds. The van der Waals surface area contributed by atoms with E-state index in [2.05, 4.69) is 4.98 Å². The molecule has 2 rings (SSSR count). The van der Waals surface area contributed by atoms with Crippen LogP contribution in [0.5, 0.6) is 0 Å². The molecule has 1 saturated carbocycles. The second-order valence-electron chi connectivity index (χ2n) is 4.92. The number of aliphatic hydroxyl groups excluding tert-OH is 1. The summed E-state index contributed by atoms with van der Waals surface area (Å²) in [4.78, 5) is 4.25. The number of nitrogens with zero attached hydrogens (tertiary/aromatic N) is 1. The van der Waals surface area contributed by atoms with Crippen molar-refractivity contribution in [2.75, 3.05) is 0 Å². The molecular weight excluding hydrogens is 198 g/mol. The van der Waals surface area contributed by atoms with E-state index in [4.69, 9.17) is 0 Å². The molecule has 88 valence electrons. The van der Waals surface area contributed by atoms with Gasteiger partial charge in [-0.15, -0.1) is 0 Å². The smallest absolute Gasteiger partial charge is 0.0598 e. The van der Waals surface area contributed by atoms with Crippen LogP contribution in [0.1, 0.15) is 44.2 Å². The molecule has 1 fully saturated rings. The topological polar surface area (TPSA) is 33.1 Å². The third-order valence-corrected chi connectivity index (χ3v) is 3.50. The van der Waals surface area contributed by atoms with Gasteiger partial charge in [0.25, 0.3) is 0 Å². The number of pyridine rings is 1. The van der Waals surface area contributed by atoms with Crippen LogP contribution >= 0.6 is 0 Å². The highest BCUT2D eigenvalue weighted by Crippen LogP contribution is 2.27. The van der Waals surface area contributed by atoms with E-state index >= 15 is 0 Å². The van der Waals surface area contributed by atoms with Gasteiger partial charge in [0.05, 0.1) is 6.10 Å². The Morgan fingerprint density at radius 2 is 2.06 bits per heavy atom. The van der Waals surface area contributed by atoms with Crippen molar-refractivity contribution in [1.29, 1.82) is 0 Å². The van der Waals surface area contributed by atoms with E-state index in [9.17, 15) is 5.11 Å². The Labute approximate surface area is 97.7 Å². The van der Waals surface area contributed by atoms with Gasteiger partial charge in [-0.2, -0.15) is 0 Å². The zero-order chi connectivity index (χ0) is 11.2. The summed E-state index contributed by atoms with van der Waals surface area (Å²) >= 11 is 0. The molecule has 2 nitrogen and oxygen atoms in total. The maximum atomic E-state index is 10.0.